The predicted octanol–water partition coefficient (Wildman–Crippen LogP) is 1.11. The van der Waals surface area contributed by atoms with E-state index in [0.29, 0.717) is 13.2 Å². The highest BCUT2D eigenvalue weighted by atomic mass is 35.5. The first-order chi connectivity index (χ1) is 8.75. The summed E-state index contributed by atoms with van der Waals surface area (Å²) >= 11 is 0. The Morgan fingerprint density at radius 3 is 2.58 bits per heavy atom. The third-order valence-electron chi connectivity index (χ3n) is 3.39. The molecule has 1 aliphatic heterocycles. The Kier molecular flexibility index (Phi) is 10.2. The van der Waals surface area contributed by atoms with E-state index in [2.05, 4.69) is 17.6 Å². The molecule has 1 fully saturated rings. The summed E-state index contributed by atoms with van der Waals surface area (Å²) in [4.78, 5) is 12.1. The van der Waals surface area contributed by atoms with Crippen molar-refractivity contribution in [2.45, 2.75) is 38.2 Å². The largest absolute Gasteiger partial charge is 0.380 e. The van der Waals surface area contributed by atoms with Gasteiger partial charge in [0.15, 0.2) is 0 Å². The fourth-order valence-electron chi connectivity index (χ4n) is 2.10. The first-order valence-electron chi connectivity index (χ1n) is 6.87. The highest BCUT2D eigenvalue weighted by molar-refractivity contribution is 5.85. The third-order valence-corrected chi connectivity index (χ3v) is 3.39. The number of methoxy groups -OCH3 is 1. The molecular weight excluding hydrogens is 268 g/mol. The van der Waals surface area contributed by atoms with E-state index >= 15 is 0 Å². The minimum absolute atomic E-state index is 0. The molecule has 0 unspecified atom stereocenters. The number of hydrogen-bond acceptors (Lipinski definition) is 4. The molecule has 6 heteroatoms. The van der Waals surface area contributed by atoms with Crippen molar-refractivity contribution >= 4 is 18.3 Å². The maximum atomic E-state index is 12.1. The minimum Gasteiger partial charge on any atom is -0.380 e. The highest BCUT2D eigenvalue weighted by Crippen LogP contribution is 2.22. The molecule has 0 aromatic carbocycles. The second kappa shape index (κ2) is 10.4. The first kappa shape index (κ1) is 18.6. The number of hydrogen-bond donors (Lipinski definition) is 2. The SMILES string of the molecule is CCCCOCCNC(=O)C1(OC)CCNCC1.Cl. The van der Waals surface area contributed by atoms with Crippen LogP contribution in [-0.4, -0.2) is 51.5 Å². The zero-order chi connectivity index (χ0) is 13.3. The van der Waals surface area contributed by atoms with E-state index in [9.17, 15) is 4.79 Å². The van der Waals surface area contributed by atoms with Crippen LogP contribution in [0.2, 0.25) is 0 Å². The monoisotopic (exact) mass is 294 g/mol. The molecule has 0 atom stereocenters. The Bertz CT molecular complexity index is 246. The maximum absolute atomic E-state index is 12.1. The standard InChI is InChI=1S/C13H26N2O3.ClH/c1-3-4-10-18-11-9-15-12(16)13(17-2)5-7-14-8-6-13;/h14H,3-11H2,1-2H3,(H,15,16);1H. The average Bonchev–Trinajstić information content (AvgIpc) is 2.43. The van der Waals surface area contributed by atoms with E-state index in [-0.39, 0.29) is 18.3 Å². The second-order valence-electron chi connectivity index (χ2n) is 4.67. The number of nitrogens with one attached hydrogen (secondary N) is 2. The molecule has 2 N–H and O–H groups in total. The van der Waals surface area contributed by atoms with Crippen molar-refractivity contribution in [2.24, 2.45) is 0 Å². The van der Waals surface area contributed by atoms with Crippen molar-refractivity contribution < 1.29 is 14.3 Å². The van der Waals surface area contributed by atoms with Gasteiger partial charge >= 0.3 is 0 Å². The summed E-state index contributed by atoms with van der Waals surface area (Å²) in [5.74, 6) is -0.00871. The molecule has 1 aliphatic rings. The van der Waals surface area contributed by atoms with Crippen molar-refractivity contribution in [1.29, 1.82) is 0 Å². The Balaban J connectivity index is 0.00000324. The van der Waals surface area contributed by atoms with Crippen LogP contribution in [0.1, 0.15) is 32.6 Å². The van der Waals surface area contributed by atoms with E-state index < -0.39 is 5.60 Å². The van der Waals surface area contributed by atoms with Crippen LogP contribution in [0.15, 0.2) is 0 Å². The van der Waals surface area contributed by atoms with Crippen molar-refractivity contribution in [2.75, 3.05) is 40.0 Å². The van der Waals surface area contributed by atoms with Crippen molar-refractivity contribution in [1.82, 2.24) is 10.6 Å². The van der Waals surface area contributed by atoms with Crippen LogP contribution < -0.4 is 10.6 Å². The van der Waals surface area contributed by atoms with Crippen LogP contribution in [0.25, 0.3) is 0 Å². The van der Waals surface area contributed by atoms with Gasteiger partial charge in [0.25, 0.3) is 5.91 Å². The molecule has 0 bridgehead atoms. The molecule has 1 saturated heterocycles. The van der Waals surface area contributed by atoms with E-state index in [1.165, 1.54) is 0 Å². The summed E-state index contributed by atoms with van der Waals surface area (Å²) in [5, 5.41) is 6.14. The highest BCUT2D eigenvalue weighted by Gasteiger charge is 2.39. The first-order valence-corrected chi connectivity index (χ1v) is 6.87. The number of rotatable bonds is 8. The quantitative estimate of drug-likeness (QED) is 0.659. The van der Waals surface area contributed by atoms with Crippen LogP contribution in [0, 0.1) is 0 Å². The number of carbonyl (C=O) groups is 1. The van der Waals surface area contributed by atoms with E-state index in [4.69, 9.17) is 9.47 Å². The van der Waals surface area contributed by atoms with Gasteiger partial charge in [-0.25, -0.2) is 0 Å². The van der Waals surface area contributed by atoms with E-state index in [1.807, 2.05) is 0 Å². The van der Waals surface area contributed by atoms with Gasteiger partial charge in [0.2, 0.25) is 0 Å². The number of carbonyl (C=O) groups excluding carboxylic acids is 1. The zero-order valence-electron chi connectivity index (χ0n) is 12.0. The number of piperidine rings is 1. The molecule has 114 valence electrons. The lowest BCUT2D eigenvalue weighted by Crippen LogP contribution is -2.54. The molecule has 0 aliphatic carbocycles. The fraction of sp³-hybridized carbons (Fsp3) is 0.923. The second-order valence-corrected chi connectivity index (χ2v) is 4.67. The van der Waals surface area contributed by atoms with Crippen LogP contribution in [0.4, 0.5) is 0 Å². The van der Waals surface area contributed by atoms with Gasteiger partial charge in [0.1, 0.15) is 5.60 Å². The van der Waals surface area contributed by atoms with Gasteiger partial charge in [0.05, 0.1) is 6.61 Å². The summed E-state index contributed by atoms with van der Waals surface area (Å²) in [5.41, 5.74) is -0.644. The summed E-state index contributed by atoms with van der Waals surface area (Å²) in [6.45, 7) is 5.68. The molecule has 1 heterocycles. The molecule has 1 amide bonds. The Morgan fingerprint density at radius 2 is 2.00 bits per heavy atom. The van der Waals surface area contributed by atoms with Crippen molar-refractivity contribution in [3.05, 3.63) is 0 Å². The van der Waals surface area contributed by atoms with Crippen molar-refractivity contribution in [3.63, 3.8) is 0 Å². The third kappa shape index (κ3) is 6.08. The lowest BCUT2D eigenvalue weighted by atomic mass is 9.91. The summed E-state index contributed by atoms with van der Waals surface area (Å²) in [6.07, 6.45) is 3.66. The van der Waals surface area contributed by atoms with Crippen LogP contribution in [-0.2, 0) is 14.3 Å². The topological polar surface area (TPSA) is 59.6 Å². The lowest BCUT2D eigenvalue weighted by molar-refractivity contribution is -0.146. The molecule has 5 nitrogen and oxygen atoms in total. The molecule has 19 heavy (non-hydrogen) atoms. The van der Waals surface area contributed by atoms with E-state index in [0.717, 1.165) is 45.4 Å². The number of amides is 1. The van der Waals surface area contributed by atoms with Crippen LogP contribution in [0.3, 0.4) is 0 Å². The van der Waals surface area contributed by atoms with Crippen LogP contribution >= 0.6 is 12.4 Å². The molecule has 0 aromatic heterocycles. The number of ether oxygens (including phenoxy) is 2. The van der Waals surface area contributed by atoms with Gasteiger partial charge in [0, 0.05) is 20.3 Å². The maximum Gasteiger partial charge on any atom is 0.252 e. The normalized spacial score (nSPS) is 17.6. The van der Waals surface area contributed by atoms with Gasteiger partial charge in [-0.15, -0.1) is 12.4 Å². The minimum atomic E-state index is -0.644. The zero-order valence-corrected chi connectivity index (χ0v) is 12.8. The molecule has 0 saturated carbocycles. The Labute approximate surface area is 122 Å². The molecular formula is C13H27ClN2O3. The molecule has 0 spiro atoms. The van der Waals surface area contributed by atoms with Gasteiger partial charge in [-0.3, -0.25) is 4.79 Å². The van der Waals surface area contributed by atoms with Gasteiger partial charge in [-0.1, -0.05) is 13.3 Å². The van der Waals surface area contributed by atoms with Gasteiger partial charge in [-0.2, -0.15) is 0 Å². The van der Waals surface area contributed by atoms with Gasteiger partial charge < -0.3 is 20.1 Å². The Morgan fingerprint density at radius 1 is 1.32 bits per heavy atom. The van der Waals surface area contributed by atoms with Crippen LogP contribution in [0.5, 0.6) is 0 Å². The Hall–Kier alpha value is -0.360. The number of unbranched alkanes of at least 4 members (excludes halogenated alkanes) is 1. The fourth-order valence-corrected chi connectivity index (χ4v) is 2.10. The summed E-state index contributed by atoms with van der Waals surface area (Å²) in [6, 6.07) is 0. The predicted molar refractivity (Wildman–Crippen MR) is 77.8 cm³/mol. The summed E-state index contributed by atoms with van der Waals surface area (Å²) in [7, 11) is 1.61. The smallest absolute Gasteiger partial charge is 0.252 e. The molecule has 0 radical (unpaired) electrons. The lowest BCUT2D eigenvalue weighted by Gasteiger charge is -2.34. The van der Waals surface area contributed by atoms with E-state index in [1.54, 1.807) is 7.11 Å². The molecule has 0 aromatic rings. The van der Waals surface area contributed by atoms with Gasteiger partial charge in [-0.05, 0) is 32.4 Å². The average molecular weight is 295 g/mol. The number of halogens is 1. The summed E-state index contributed by atoms with van der Waals surface area (Å²) < 4.78 is 10.9. The molecule has 1 rings (SSSR count). The van der Waals surface area contributed by atoms with Crippen molar-refractivity contribution in [3.8, 4) is 0 Å².